The third-order valence-corrected chi connectivity index (χ3v) is 6.38. The molecule has 10 nitrogen and oxygen atoms in total. The molecule has 1 aromatic carbocycles. The molecular weight excluding hydrogens is 456 g/mol. The van der Waals surface area contributed by atoms with Gasteiger partial charge in [0.15, 0.2) is 0 Å². The van der Waals surface area contributed by atoms with E-state index in [1.165, 1.54) is 6.33 Å². The maximum absolute atomic E-state index is 12.1. The van der Waals surface area contributed by atoms with E-state index in [0.717, 1.165) is 44.0 Å². The lowest BCUT2D eigenvalue weighted by molar-refractivity contribution is -0.205. The van der Waals surface area contributed by atoms with Crippen LogP contribution in [0, 0.1) is 11.3 Å². The van der Waals surface area contributed by atoms with Crippen molar-refractivity contribution in [1.82, 2.24) is 15.0 Å². The van der Waals surface area contributed by atoms with Gasteiger partial charge in [0, 0.05) is 38.4 Å². The summed E-state index contributed by atoms with van der Waals surface area (Å²) in [6, 6.07) is 8.72. The molecule has 0 saturated carbocycles. The molecule has 2 unspecified atom stereocenters. The van der Waals surface area contributed by atoms with Gasteiger partial charge in [-0.25, -0.2) is 14.8 Å². The number of carbonyl (C=O) groups is 1. The summed E-state index contributed by atoms with van der Waals surface area (Å²) in [7, 11) is 2.00. The number of hydrogen-bond acceptors (Lipinski definition) is 10. The second-order valence-electron chi connectivity index (χ2n) is 9.57. The molecule has 2 heterocycles. The molecule has 1 saturated heterocycles. The van der Waals surface area contributed by atoms with E-state index in [-0.39, 0.29) is 5.97 Å². The minimum atomic E-state index is -2.37. The molecule has 11 heteroatoms. The maximum atomic E-state index is 12.1. The standard InChI is InChI=1S/C23H34N6O4S/c1-23(2,3)22(30)33-29-11-9-16(10-12-29)14-28(4)20-13-19(25-15-26-20)27-18-7-5-17(6-8-18)21(24)34(31)32/h5-8,13,15-16,21H,9-12,14,24H2,1-4H3,(H,31,32)(H,25,26,27)/p-1. The first-order valence-corrected chi connectivity index (χ1v) is 12.4. The average molecular weight is 490 g/mol. The maximum Gasteiger partial charge on any atom is 0.330 e. The van der Waals surface area contributed by atoms with Crippen LogP contribution in [0.1, 0.15) is 44.6 Å². The number of piperidine rings is 1. The van der Waals surface area contributed by atoms with E-state index < -0.39 is 21.9 Å². The van der Waals surface area contributed by atoms with Crippen LogP contribution in [0.15, 0.2) is 36.7 Å². The molecule has 0 aliphatic carbocycles. The Balaban J connectivity index is 1.53. The largest absolute Gasteiger partial charge is 0.771 e. The number of nitrogens with one attached hydrogen (secondary N) is 1. The van der Waals surface area contributed by atoms with Crippen molar-refractivity contribution in [3.8, 4) is 0 Å². The van der Waals surface area contributed by atoms with E-state index in [4.69, 9.17) is 10.6 Å². The molecule has 1 fully saturated rings. The van der Waals surface area contributed by atoms with Crippen molar-refractivity contribution >= 4 is 34.4 Å². The minimum absolute atomic E-state index is 0.207. The van der Waals surface area contributed by atoms with Crippen molar-refractivity contribution in [3.05, 3.63) is 42.2 Å². The van der Waals surface area contributed by atoms with Crippen LogP contribution in [0.3, 0.4) is 0 Å². The highest BCUT2D eigenvalue weighted by Gasteiger charge is 2.28. The third kappa shape index (κ3) is 7.20. The summed E-state index contributed by atoms with van der Waals surface area (Å²) < 4.78 is 22.1. The summed E-state index contributed by atoms with van der Waals surface area (Å²) >= 11 is -2.37. The molecule has 1 aliphatic rings. The van der Waals surface area contributed by atoms with E-state index in [1.54, 1.807) is 29.3 Å². The van der Waals surface area contributed by atoms with Crippen molar-refractivity contribution in [1.29, 1.82) is 0 Å². The fourth-order valence-corrected chi connectivity index (χ4v) is 3.94. The van der Waals surface area contributed by atoms with Gasteiger partial charge in [0.1, 0.15) is 18.0 Å². The van der Waals surface area contributed by atoms with Crippen molar-refractivity contribution < 1.29 is 18.4 Å². The number of nitrogens with zero attached hydrogens (tertiary/aromatic N) is 4. The van der Waals surface area contributed by atoms with Gasteiger partial charge in [-0.05, 0) is 68.3 Å². The van der Waals surface area contributed by atoms with E-state index in [9.17, 15) is 13.6 Å². The van der Waals surface area contributed by atoms with Crippen LogP contribution in [0.4, 0.5) is 17.3 Å². The Morgan fingerprint density at radius 3 is 2.53 bits per heavy atom. The van der Waals surface area contributed by atoms with Gasteiger partial charge in [-0.15, -0.1) is 5.06 Å². The molecule has 186 valence electrons. The number of aromatic nitrogens is 2. The van der Waals surface area contributed by atoms with E-state index in [2.05, 4.69) is 20.2 Å². The first-order valence-electron chi connectivity index (χ1n) is 11.2. The third-order valence-electron chi connectivity index (χ3n) is 5.69. The van der Waals surface area contributed by atoms with Crippen LogP contribution < -0.4 is 16.0 Å². The van der Waals surface area contributed by atoms with Gasteiger partial charge in [0.25, 0.3) is 0 Å². The Morgan fingerprint density at radius 1 is 1.29 bits per heavy atom. The zero-order valence-corrected chi connectivity index (χ0v) is 20.9. The molecular formula is C23H33N6O4S-. The van der Waals surface area contributed by atoms with Crippen LogP contribution in [-0.4, -0.2) is 56.4 Å². The molecule has 1 aromatic heterocycles. The number of hydrogen-bond donors (Lipinski definition) is 2. The van der Waals surface area contributed by atoms with Crippen molar-refractivity contribution in [2.75, 3.05) is 36.9 Å². The van der Waals surface area contributed by atoms with E-state index in [0.29, 0.717) is 17.3 Å². The Kier molecular flexibility index (Phi) is 8.58. The highest BCUT2D eigenvalue weighted by molar-refractivity contribution is 7.79. The summed E-state index contributed by atoms with van der Waals surface area (Å²) in [5.74, 6) is 1.68. The SMILES string of the molecule is CN(CC1CCN(OC(=O)C(C)(C)C)CC1)c1cc(Nc2ccc(C(N)S(=O)[O-])cc2)ncn1. The Morgan fingerprint density at radius 2 is 1.94 bits per heavy atom. The summed E-state index contributed by atoms with van der Waals surface area (Å²) in [6.45, 7) is 7.82. The van der Waals surface area contributed by atoms with Gasteiger partial charge >= 0.3 is 5.97 Å². The first-order chi connectivity index (χ1) is 16.0. The number of rotatable bonds is 8. The number of hydroxylamine groups is 2. The lowest BCUT2D eigenvalue weighted by Crippen LogP contribution is -2.41. The van der Waals surface area contributed by atoms with Crippen LogP contribution >= 0.6 is 0 Å². The topological polar surface area (TPSA) is 137 Å². The van der Waals surface area contributed by atoms with Gasteiger partial charge in [-0.3, -0.25) is 4.21 Å². The van der Waals surface area contributed by atoms with Crippen LogP contribution in [-0.2, 0) is 20.7 Å². The Labute approximate surface area is 203 Å². The first kappa shape index (κ1) is 26.0. The number of benzene rings is 1. The van der Waals surface area contributed by atoms with Crippen LogP contribution in [0.2, 0.25) is 0 Å². The molecule has 0 radical (unpaired) electrons. The number of nitrogens with two attached hydrogens (primary N) is 1. The lowest BCUT2D eigenvalue weighted by atomic mass is 9.97. The highest BCUT2D eigenvalue weighted by Crippen LogP contribution is 2.24. The number of anilines is 3. The van der Waals surface area contributed by atoms with Crippen LogP contribution in [0.5, 0.6) is 0 Å². The van der Waals surface area contributed by atoms with Gasteiger partial charge < -0.3 is 25.3 Å². The molecule has 0 spiro atoms. The predicted octanol–water partition coefficient (Wildman–Crippen LogP) is 2.71. The molecule has 2 atom stereocenters. The molecule has 2 aromatic rings. The summed E-state index contributed by atoms with van der Waals surface area (Å²) in [5.41, 5.74) is 6.40. The second-order valence-corrected chi connectivity index (χ2v) is 10.6. The smallest absolute Gasteiger partial charge is 0.330 e. The lowest BCUT2D eigenvalue weighted by Gasteiger charge is -2.34. The average Bonchev–Trinajstić information content (AvgIpc) is 2.80. The van der Waals surface area contributed by atoms with Crippen molar-refractivity contribution in [3.63, 3.8) is 0 Å². The summed E-state index contributed by atoms with van der Waals surface area (Å²) in [5, 5.41) is 3.92. The van der Waals surface area contributed by atoms with Crippen molar-refractivity contribution in [2.24, 2.45) is 17.1 Å². The zero-order chi connectivity index (χ0) is 24.9. The number of carbonyl (C=O) groups excluding carboxylic acids is 1. The molecule has 0 amide bonds. The van der Waals surface area contributed by atoms with Crippen LogP contribution in [0.25, 0.3) is 0 Å². The van der Waals surface area contributed by atoms with E-state index >= 15 is 0 Å². The monoisotopic (exact) mass is 489 g/mol. The highest BCUT2D eigenvalue weighted by atomic mass is 32.2. The molecule has 0 bridgehead atoms. The van der Waals surface area contributed by atoms with Gasteiger partial charge in [0.05, 0.1) is 10.8 Å². The Bertz CT molecular complexity index is 990. The fourth-order valence-electron chi connectivity index (χ4n) is 3.56. The summed E-state index contributed by atoms with van der Waals surface area (Å²) in [6.07, 6.45) is 3.37. The quantitative estimate of drug-likeness (QED) is 0.532. The van der Waals surface area contributed by atoms with Crippen molar-refractivity contribution in [2.45, 2.75) is 39.0 Å². The van der Waals surface area contributed by atoms with Gasteiger partial charge in [-0.1, -0.05) is 12.1 Å². The van der Waals surface area contributed by atoms with E-state index in [1.807, 2.05) is 33.9 Å². The molecule has 3 rings (SSSR count). The zero-order valence-electron chi connectivity index (χ0n) is 20.1. The normalized spacial score (nSPS) is 17.1. The second kappa shape index (κ2) is 11.2. The predicted molar refractivity (Wildman–Crippen MR) is 131 cm³/mol. The molecule has 3 N–H and O–H groups in total. The Hall–Kier alpha value is -2.60. The van der Waals surface area contributed by atoms with Gasteiger partial charge in [0.2, 0.25) is 0 Å². The molecule has 1 aliphatic heterocycles. The fraction of sp³-hybridized carbons (Fsp3) is 0.522. The molecule has 34 heavy (non-hydrogen) atoms. The van der Waals surface area contributed by atoms with Gasteiger partial charge in [-0.2, -0.15) is 0 Å². The minimum Gasteiger partial charge on any atom is -0.771 e. The summed E-state index contributed by atoms with van der Waals surface area (Å²) in [4.78, 5) is 28.4.